The number of hydrogen-bond acceptors (Lipinski definition) is 9. The number of likely N-dealkylation sites (N-methyl/N-ethyl adjacent to an activating group) is 1. The number of aliphatic hydroxyl groups excluding tert-OH is 1. The number of likely N-dealkylation sites (tertiary alicyclic amines) is 1. The maximum absolute atomic E-state index is 13.6. The molecule has 212 valence electrons. The summed E-state index contributed by atoms with van der Waals surface area (Å²) in [7, 11) is 1.78. The van der Waals surface area contributed by atoms with Crippen molar-refractivity contribution in [3.63, 3.8) is 0 Å². The van der Waals surface area contributed by atoms with Gasteiger partial charge in [-0.05, 0) is 36.1 Å². The molecule has 0 radical (unpaired) electrons. The molecule has 3 heterocycles. The van der Waals surface area contributed by atoms with E-state index < -0.39 is 0 Å². The second kappa shape index (κ2) is 12.2. The normalized spacial score (nSPS) is 17.1. The average Bonchev–Trinajstić information content (AvgIpc) is 3.67. The number of aliphatic hydroxyl groups is 1. The van der Waals surface area contributed by atoms with E-state index in [9.17, 15) is 14.7 Å². The van der Waals surface area contributed by atoms with Gasteiger partial charge in [-0.3, -0.25) is 19.5 Å². The number of carbonyl (C=O) groups is 2. The Kier molecular flexibility index (Phi) is 8.43. The summed E-state index contributed by atoms with van der Waals surface area (Å²) in [5, 5.41) is 20.4. The minimum absolute atomic E-state index is 0.0119. The molecule has 0 saturated carbocycles. The van der Waals surface area contributed by atoms with Crippen LogP contribution < -0.4 is 10.2 Å². The Labute approximate surface area is 234 Å². The third-order valence-corrected chi connectivity index (χ3v) is 7.60. The third kappa shape index (κ3) is 6.49. The minimum Gasteiger partial charge on any atom is -0.392 e. The number of carbonyl (C=O) groups excluding carboxylic acids is 2. The zero-order chi connectivity index (χ0) is 28.2. The summed E-state index contributed by atoms with van der Waals surface area (Å²) in [6.07, 6.45) is 0.463. The van der Waals surface area contributed by atoms with Gasteiger partial charge in [0.25, 0.3) is 5.91 Å². The molecule has 40 heavy (non-hydrogen) atoms. The molecule has 2 aliphatic rings. The van der Waals surface area contributed by atoms with Crippen molar-refractivity contribution in [3.8, 4) is 11.4 Å². The lowest BCUT2D eigenvalue weighted by Crippen LogP contribution is -2.48. The summed E-state index contributed by atoms with van der Waals surface area (Å²) in [4.78, 5) is 35.0. The van der Waals surface area contributed by atoms with Crippen LogP contribution in [0, 0.1) is 13.8 Å². The highest BCUT2D eigenvalue weighted by Crippen LogP contribution is 2.28. The van der Waals surface area contributed by atoms with Crippen molar-refractivity contribution in [2.75, 3.05) is 51.2 Å². The molecule has 1 fully saturated rings. The Hall–Kier alpha value is -3.80. The van der Waals surface area contributed by atoms with Crippen LogP contribution in [0.3, 0.4) is 0 Å². The second-order valence-corrected chi connectivity index (χ2v) is 10.6. The van der Waals surface area contributed by atoms with Crippen LogP contribution in [0.25, 0.3) is 11.4 Å². The first-order valence-electron chi connectivity index (χ1n) is 13.7. The Morgan fingerprint density at radius 2 is 1.88 bits per heavy atom. The molecule has 2 aromatic carbocycles. The number of anilines is 1. The molecular formula is C29H37N7O4. The summed E-state index contributed by atoms with van der Waals surface area (Å²) in [5.41, 5.74) is 4.84. The fourth-order valence-corrected chi connectivity index (χ4v) is 5.28. The number of hydrogen-bond donors (Lipinski definition) is 2. The van der Waals surface area contributed by atoms with Crippen LogP contribution in [0.2, 0.25) is 0 Å². The number of β-amino-alcohol motifs (C(OH)–C–C–N with tert-alkyl or cyclic N) is 1. The average molecular weight is 548 g/mol. The van der Waals surface area contributed by atoms with E-state index in [2.05, 4.69) is 32.5 Å². The smallest absolute Gasteiger partial charge is 0.256 e. The minimum atomic E-state index is -0.296. The third-order valence-electron chi connectivity index (χ3n) is 7.60. The van der Waals surface area contributed by atoms with E-state index in [0.29, 0.717) is 44.4 Å². The molecule has 0 spiro atoms. The summed E-state index contributed by atoms with van der Waals surface area (Å²) < 4.78 is 5.16. The molecule has 5 rings (SSSR count). The maximum atomic E-state index is 13.6. The number of fused-ring (bicyclic) bond motifs is 1. The quantitative estimate of drug-likeness (QED) is 0.391. The number of nitrogens with one attached hydrogen (secondary N) is 1. The highest BCUT2D eigenvalue weighted by atomic mass is 16.5. The summed E-state index contributed by atoms with van der Waals surface area (Å²) in [5.74, 6) is 0.618. The molecule has 2 aliphatic heterocycles. The van der Waals surface area contributed by atoms with Crippen LogP contribution in [-0.2, 0) is 22.7 Å². The largest absolute Gasteiger partial charge is 0.392 e. The molecular weight excluding hydrogens is 510 g/mol. The molecule has 2 amide bonds. The van der Waals surface area contributed by atoms with Gasteiger partial charge in [-0.25, -0.2) is 5.01 Å². The van der Waals surface area contributed by atoms with E-state index in [4.69, 9.17) is 4.52 Å². The molecule has 1 atom stereocenters. The summed E-state index contributed by atoms with van der Waals surface area (Å²) in [6, 6.07) is 13.9. The Morgan fingerprint density at radius 3 is 2.52 bits per heavy atom. The van der Waals surface area contributed by atoms with Crippen LogP contribution in [0.5, 0.6) is 0 Å². The number of rotatable bonds is 10. The van der Waals surface area contributed by atoms with E-state index in [1.165, 1.54) is 11.1 Å². The first-order valence-corrected chi connectivity index (χ1v) is 13.7. The highest BCUT2D eigenvalue weighted by molar-refractivity contribution is 5.87. The Bertz CT molecular complexity index is 1330. The van der Waals surface area contributed by atoms with Crippen molar-refractivity contribution < 1.29 is 19.2 Å². The van der Waals surface area contributed by atoms with Crippen LogP contribution in [0.4, 0.5) is 5.69 Å². The van der Waals surface area contributed by atoms with Crippen LogP contribution in [0.1, 0.15) is 29.0 Å². The first-order chi connectivity index (χ1) is 19.3. The zero-order valence-electron chi connectivity index (χ0n) is 23.3. The lowest BCUT2D eigenvalue weighted by atomic mass is 10.1. The topological polar surface area (TPSA) is 118 Å². The lowest BCUT2D eigenvalue weighted by molar-refractivity contribution is -0.145. The predicted octanol–water partition coefficient (Wildman–Crippen LogP) is 1.73. The van der Waals surface area contributed by atoms with Crippen molar-refractivity contribution in [3.05, 3.63) is 65.0 Å². The number of aromatic nitrogens is 2. The van der Waals surface area contributed by atoms with Gasteiger partial charge >= 0.3 is 0 Å². The van der Waals surface area contributed by atoms with Gasteiger partial charge < -0.3 is 19.8 Å². The van der Waals surface area contributed by atoms with E-state index in [-0.39, 0.29) is 31.0 Å². The van der Waals surface area contributed by atoms with Gasteiger partial charge in [-0.15, -0.1) is 0 Å². The van der Waals surface area contributed by atoms with Crippen LogP contribution in [0.15, 0.2) is 47.0 Å². The van der Waals surface area contributed by atoms with Gasteiger partial charge in [0.15, 0.2) is 0 Å². The van der Waals surface area contributed by atoms with Gasteiger partial charge in [0.1, 0.15) is 0 Å². The van der Waals surface area contributed by atoms with Crippen molar-refractivity contribution in [1.29, 1.82) is 0 Å². The van der Waals surface area contributed by atoms with Gasteiger partial charge in [-0.1, -0.05) is 41.6 Å². The Balaban J connectivity index is 1.31. The molecule has 3 aromatic rings. The first kappa shape index (κ1) is 27.8. The molecule has 11 nitrogen and oxygen atoms in total. The van der Waals surface area contributed by atoms with Crippen molar-refractivity contribution in [1.82, 2.24) is 30.4 Å². The van der Waals surface area contributed by atoms with E-state index >= 15 is 0 Å². The number of nitrogens with zero attached hydrogens (tertiary/aromatic N) is 6. The number of aryl methyl sites for hydroxylation is 2. The monoisotopic (exact) mass is 547 g/mol. The van der Waals surface area contributed by atoms with Crippen molar-refractivity contribution >= 4 is 17.5 Å². The number of benzene rings is 2. The van der Waals surface area contributed by atoms with E-state index in [1.807, 2.05) is 47.2 Å². The molecule has 0 bridgehead atoms. The van der Waals surface area contributed by atoms with E-state index in [1.54, 1.807) is 19.0 Å². The van der Waals surface area contributed by atoms with E-state index in [0.717, 1.165) is 29.8 Å². The van der Waals surface area contributed by atoms with Gasteiger partial charge in [0, 0.05) is 64.5 Å². The standard InChI is InChI=1S/C29H37N7O4/c1-20-8-9-22(29-31-21(2)40-32-29)14-26(20)35(18-27(38)30-11-13-34-12-10-25(37)17-34)19-28(39)33(3)36-15-23-6-4-5-7-24(23)16-36/h4-9,14,25,37H,10-13,15-19H2,1-3H3,(H,30,38). The molecule has 2 N–H and O–H groups in total. The zero-order valence-corrected chi connectivity index (χ0v) is 23.3. The lowest BCUT2D eigenvalue weighted by Gasteiger charge is -2.32. The van der Waals surface area contributed by atoms with Gasteiger partial charge in [0.05, 0.1) is 19.2 Å². The second-order valence-electron chi connectivity index (χ2n) is 10.6. The van der Waals surface area contributed by atoms with Crippen LogP contribution >= 0.6 is 0 Å². The summed E-state index contributed by atoms with van der Waals surface area (Å²) in [6.45, 7) is 7.64. The molecule has 1 unspecified atom stereocenters. The highest BCUT2D eigenvalue weighted by Gasteiger charge is 2.27. The van der Waals surface area contributed by atoms with Crippen LogP contribution in [-0.4, -0.2) is 94.4 Å². The van der Waals surface area contributed by atoms with Gasteiger partial charge in [-0.2, -0.15) is 4.98 Å². The Morgan fingerprint density at radius 1 is 1.12 bits per heavy atom. The SMILES string of the molecule is Cc1nc(-c2ccc(C)c(N(CC(=O)NCCN3CCC(O)C3)CC(=O)N(C)N3Cc4ccccc4C3)c2)no1. The number of amides is 2. The summed E-state index contributed by atoms with van der Waals surface area (Å²) >= 11 is 0. The molecule has 1 aromatic heterocycles. The molecule has 1 saturated heterocycles. The predicted molar refractivity (Wildman–Crippen MR) is 150 cm³/mol. The van der Waals surface area contributed by atoms with Crippen molar-refractivity contribution in [2.24, 2.45) is 0 Å². The van der Waals surface area contributed by atoms with Gasteiger partial charge in [0.2, 0.25) is 17.6 Å². The van der Waals surface area contributed by atoms with Crippen molar-refractivity contribution in [2.45, 2.75) is 39.5 Å². The molecule has 0 aliphatic carbocycles. The fourth-order valence-electron chi connectivity index (χ4n) is 5.28. The number of hydrazine groups is 1. The maximum Gasteiger partial charge on any atom is 0.256 e. The molecule has 11 heteroatoms. The fraction of sp³-hybridized carbons (Fsp3) is 0.448.